The molecule has 0 atom stereocenters. The molecule has 0 radical (unpaired) electrons. The number of rotatable bonds is 5. The van der Waals surface area contributed by atoms with Crippen LogP contribution in [0.15, 0.2) is 36.5 Å². The number of hydrogen-bond acceptors (Lipinski definition) is 2. The van der Waals surface area contributed by atoms with Gasteiger partial charge in [0.15, 0.2) is 0 Å². The van der Waals surface area contributed by atoms with E-state index < -0.39 is 0 Å². The Morgan fingerprint density at radius 3 is 2.71 bits per heavy atom. The van der Waals surface area contributed by atoms with Gasteiger partial charge >= 0.3 is 0 Å². The first-order valence-corrected chi connectivity index (χ1v) is 7.88. The zero-order chi connectivity index (χ0) is 14.8. The number of hydrogen-bond donors (Lipinski definition) is 0. The summed E-state index contributed by atoms with van der Waals surface area (Å²) in [5, 5.41) is 0.666. The molecule has 3 rings (SSSR count). The van der Waals surface area contributed by atoms with Crippen molar-refractivity contribution in [3.05, 3.63) is 58.4 Å². The van der Waals surface area contributed by atoms with Crippen LogP contribution in [0.2, 0.25) is 5.02 Å². The fraction of sp³-hybridized carbons (Fsp3) is 0.389. The highest BCUT2D eigenvalue weighted by molar-refractivity contribution is 6.32. The summed E-state index contributed by atoms with van der Waals surface area (Å²) >= 11 is 6.29. The Balaban J connectivity index is 1.68. The van der Waals surface area contributed by atoms with Gasteiger partial charge in [-0.2, -0.15) is 0 Å². The molecule has 110 valence electrons. The highest BCUT2D eigenvalue weighted by Crippen LogP contribution is 2.40. The highest BCUT2D eigenvalue weighted by atomic mass is 35.5. The van der Waals surface area contributed by atoms with Crippen molar-refractivity contribution < 1.29 is 4.74 Å². The van der Waals surface area contributed by atoms with Crippen LogP contribution in [0.5, 0.6) is 5.75 Å². The number of aromatic nitrogens is 1. The van der Waals surface area contributed by atoms with Crippen molar-refractivity contribution in [3.63, 3.8) is 0 Å². The molecule has 2 aromatic rings. The first kappa shape index (κ1) is 14.4. The Labute approximate surface area is 131 Å². The lowest BCUT2D eigenvalue weighted by Gasteiger charge is -2.11. The minimum absolute atomic E-state index is 0.460. The van der Waals surface area contributed by atoms with Gasteiger partial charge in [0.1, 0.15) is 12.4 Å². The number of halogens is 1. The molecular weight excluding hydrogens is 282 g/mol. The van der Waals surface area contributed by atoms with Crippen LogP contribution in [-0.4, -0.2) is 4.98 Å². The molecule has 0 saturated heterocycles. The molecule has 1 heterocycles. The van der Waals surface area contributed by atoms with E-state index in [1.807, 2.05) is 18.3 Å². The Morgan fingerprint density at radius 2 is 2.05 bits per heavy atom. The summed E-state index contributed by atoms with van der Waals surface area (Å²) in [6, 6.07) is 10.2. The second-order valence-corrected chi connectivity index (χ2v) is 6.40. The van der Waals surface area contributed by atoms with Gasteiger partial charge in [-0.3, -0.25) is 4.98 Å². The van der Waals surface area contributed by atoms with Gasteiger partial charge in [-0.15, -0.1) is 0 Å². The van der Waals surface area contributed by atoms with Crippen molar-refractivity contribution in [1.82, 2.24) is 4.98 Å². The summed E-state index contributed by atoms with van der Waals surface area (Å²) in [5.41, 5.74) is 3.56. The minimum Gasteiger partial charge on any atom is -0.486 e. The van der Waals surface area contributed by atoms with Crippen LogP contribution in [-0.2, 0) is 6.61 Å². The van der Waals surface area contributed by atoms with Crippen molar-refractivity contribution in [3.8, 4) is 5.75 Å². The van der Waals surface area contributed by atoms with Gasteiger partial charge < -0.3 is 4.74 Å². The van der Waals surface area contributed by atoms with E-state index in [-0.39, 0.29) is 0 Å². The predicted octanol–water partition coefficient (Wildman–Crippen LogP) is 5.31. The standard InChI is InChI=1S/C18H20ClNO/c1-12(2)14-5-6-18(17(19)10-14)21-11-16-9-15(7-8-20-16)13-3-4-13/h5-10,12-13H,3-4,11H2,1-2H3. The fourth-order valence-corrected chi connectivity index (χ4v) is 2.63. The van der Waals surface area contributed by atoms with Gasteiger partial charge in [0.2, 0.25) is 0 Å². The predicted molar refractivity (Wildman–Crippen MR) is 86.1 cm³/mol. The van der Waals surface area contributed by atoms with Gasteiger partial charge in [-0.25, -0.2) is 0 Å². The largest absolute Gasteiger partial charge is 0.486 e. The molecule has 0 N–H and O–H groups in total. The molecule has 1 aliphatic rings. The van der Waals surface area contributed by atoms with Crippen molar-refractivity contribution in [2.24, 2.45) is 0 Å². The summed E-state index contributed by atoms with van der Waals surface area (Å²) in [7, 11) is 0. The van der Waals surface area contributed by atoms with Crippen molar-refractivity contribution >= 4 is 11.6 Å². The summed E-state index contributed by atoms with van der Waals surface area (Å²) in [4.78, 5) is 4.37. The lowest BCUT2D eigenvalue weighted by molar-refractivity contribution is 0.301. The zero-order valence-electron chi connectivity index (χ0n) is 12.5. The maximum absolute atomic E-state index is 6.29. The van der Waals surface area contributed by atoms with Crippen LogP contribution in [0.25, 0.3) is 0 Å². The molecule has 1 aromatic heterocycles. The minimum atomic E-state index is 0.460. The van der Waals surface area contributed by atoms with Crippen LogP contribution < -0.4 is 4.74 Å². The second kappa shape index (κ2) is 6.07. The van der Waals surface area contributed by atoms with Gasteiger partial charge in [-0.1, -0.05) is 31.5 Å². The molecule has 1 aromatic carbocycles. The Morgan fingerprint density at radius 1 is 1.24 bits per heavy atom. The molecule has 0 unspecified atom stereocenters. The van der Waals surface area contributed by atoms with E-state index in [0.717, 1.165) is 17.4 Å². The third-order valence-corrected chi connectivity index (χ3v) is 4.18. The molecule has 0 amide bonds. The highest BCUT2D eigenvalue weighted by Gasteiger charge is 2.23. The summed E-state index contributed by atoms with van der Waals surface area (Å²) in [5.74, 6) is 1.92. The van der Waals surface area contributed by atoms with Crippen molar-refractivity contribution in [1.29, 1.82) is 0 Å². The Bertz CT molecular complexity index is 635. The maximum Gasteiger partial charge on any atom is 0.138 e. The molecule has 3 heteroatoms. The number of nitrogens with zero attached hydrogens (tertiary/aromatic N) is 1. The molecule has 1 saturated carbocycles. The fourth-order valence-electron chi connectivity index (χ4n) is 2.39. The van der Waals surface area contributed by atoms with Crippen LogP contribution in [0.4, 0.5) is 0 Å². The SMILES string of the molecule is CC(C)c1ccc(OCc2cc(C3CC3)ccn2)c(Cl)c1. The van der Waals surface area contributed by atoms with E-state index in [0.29, 0.717) is 17.5 Å². The van der Waals surface area contributed by atoms with E-state index in [9.17, 15) is 0 Å². The van der Waals surface area contributed by atoms with E-state index in [1.165, 1.54) is 24.0 Å². The van der Waals surface area contributed by atoms with Crippen LogP contribution in [0, 0.1) is 0 Å². The molecule has 0 aliphatic heterocycles. The normalized spacial score (nSPS) is 14.5. The molecular formula is C18H20ClNO. The smallest absolute Gasteiger partial charge is 0.138 e. The van der Waals surface area contributed by atoms with E-state index in [1.54, 1.807) is 0 Å². The number of pyridine rings is 1. The first-order valence-electron chi connectivity index (χ1n) is 7.50. The van der Waals surface area contributed by atoms with Gasteiger partial charge in [-0.05, 0) is 60.1 Å². The zero-order valence-corrected chi connectivity index (χ0v) is 13.2. The van der Waals surface area contributed by atoms with Crippen molar-refractivity contribution in [2.45, 2.75) is 45.1 Å². The molecule has 0 bridgehead atoms. The average molecular weight is 302 g/mol. The topological polar surface area (TPSA) is 22.1 Å². The van der Waals surface area contributed by atoms with Crippen LogP contribution in [0.3, 0.4) is 0 Å². The molecule has 1 aliphatic carbocycles. The van der Waals surface area contributed by atoms with Gasteiger partial charge in [0.25, 0.3) is 0 Å². The number of ether oxygens (including phenoxy) is 1. The summed E-state index contributed by atoms with van der Waals surface area (Å²) < 4.78 is 5.82. The van der Waals surface area contributed by atoms with Crippen molar-refractivity contribution in [2.75, 3.05) is 0 Å². The first-order chi connectivity index (χ1) is 10.1. The lowest BCUT2D eigenvalue weighted by Crippen LogP contribution is -2.00. The van der Waals surface area contributed by atoms with Crippen LogP contribution in [0.1, 0.15) is 55.3 Å². The molecule has 0 spiro atoms. The molecule has 2 nitrogen and oxygen atoms in total. The van der Waals surface area contributed by atoms with E-state index in [4.69, 9.17) is 16.3 Å². The third kappa shape index (κ3) is 3.56. The number of benzene rings is 1. The van der Waals surface area contributed by atoms with Crippen LogP contribution >= 0.6 is 11.6 Å². The third-order valence-electron chi connectivity index (χ3n) is 3.89. The Hall–Kier alpha value is -1.54. The summed E-state index contributed by atoms with van der Waals surface area (Å²) in [6.07, 6.45) is 4.47. The maximum atomic E-state index is 6.29. The van der Waals surface area contributed by atoms with Gasteiger partial charge in [0.05, 0.1) is 10.7 Å². The molecule has 21 heavy (non-hydrogen) atoms. The quantitative estimate of drug-likeness (QED) is 0.746. The lowest BCUT2D eigenvalue weighted by atomic mass is 10.0. The summed E-state index contributed by atoms with van der Waals surface area (Å²) in [6.45, 7) is 4.76. The monoisotopic (exact) mass is 301 g/mol. The Kier molecular flexibility index (Phi) is 4.16. The van der Waals surface area contributed by atoms with Gasteiger partial charge in [0, 0.05) is 6.20 Å². The molecule has 1 fully saturated rings. The van der Waals surface area contributed by atoms with E-state index in [2.05, 4.69) is 37.0 Å². The average Bonchev–Trinajstić information content (AvgIpc) is 3.31. The second-order valence-electron chi connectivity index (χ2n) is 5.99. The van der Waals surface area contributed by atoms with E-state index >= 15 is 0 Å².